The number of hydrogen-bond acceptors (Lipinski definition) is 12. The molecule has 50 heavy (non-hydrogen) atoms. The Bertz CT molecular complexity index is 1190. The summed E-state index contributed by atoms with van der Waals surface area (Å²) in [7, 11) is 0. The lowest BCUT2D eigenvalue weighted by atomic mass is 9.96. The smallest absolute Gasteiger partial charge is 0.327 e. The summed E-state index contributed by atoms with van der Waals surface area (Å²) in [4.78, 5) is 92.8. The van der Waals surface area contributed by atoms with Gasteiger partial charge in [-0.1, -0.05) is 34.1 Å². The Kier molecular flexibility index (Phi) is 22.5. The second kappa shape index (κ2) is 24.3. The van der Waals surface area contributed by atoms with Gasteiger partial charge in [0.2, 0.25) is 35.4 Å². The molecule has 19 nitrogen and oxygen atoms in total. The van der Waals surface area contributed by atoms with Crippen molar-refractivity contribution >= 4 is 72.6 Å². The van der Waals surface area contributed by atoms with E-state index >= 15 is 0 Å². The summed E-state index contributed by atoms with van der Waals surface area (Å²) < 4.78 is 0. The molecule has 0 heterocycles. The van der Waals surface area contributed by atoms with Gasteiger partial charge < -0.3 is 59.3 Å². The Morgan fingerprint density at radius 3 is 1.84 bits per heavy atom. The monoisotopic (exact) mass is 750 g/mol. The zero-order valence-corrected chi connectivity index (χ0v) is 30.6. The van der Waals surface area contributed by atoms with Crippen molar-refractivity contribution in [1.29, 1.82) is 0 Å². The number of thiol groups is 2. The molecular weight excluding hydrogens is 697 g/mol. The fourth-order valence-corrected chi connectivity index (χ4v) is 4.66. The van der Waals surface area contributed by atoms with Gasteiger partial charge in [-0.25, -0.2) is 4.79 Å². The zero-order chi connectivity index (χ0) is 38.6. The number of amides is 6. The number of aliphatic hydroxyl groups is 1. The van der Waals surface area contributed by atoms with E-state index < -0.39 is 96.7 Å². The van der Waals surface area contributed by atoms with Crippen molar-refractivity contribution in [2.45, 2.75) is 89.6 Å². The molecule has 0 aliphatic carbocycles. The Hall–Kier alpha value is -3.82. The maximum atomic E-state index is 13.5. The molecule has 0 aromatic rings. The molecule has 0 bridgehead atoms. The van der Waals surface area contributed by atoms with Gasteiger partial charge >= 0.3 is 5.97 Å². The summed E-state index contributed by atoms with van der Waals surface area (Å²) in [5.41, 5.74) is 16.3. The normalized spacial score (nSPS) is 15.1. The minimum absolute atomic E-state index is 0.00740. The Balaban J connectivity index is 5.94. The number of aliphatic hydroxyl groups excluding tert-OH is 1. The predicted molar refractivity (Wildman–Crippen MR) is 192 cm³/mol. The topological polar surface area (TPSA) is 323 Å². The van der Waals surface area contributed by atoms with E-state index in [1.54, 1.807) is 27.7 Å². The number of carbonyl (C=O) groups excluding carboxylic acids is 6. The van der Waals surface area contributed by atoms with Crippen molar-refractivity contribution in [3.8, 4) is 0 Å². The number of nitrogens with two attached hydrogens (primary N) is 3. The molecule has 0 unspecified atom stereocenters. The van der Waals surface area contributed by atoms with Crippen molar-refractivity contribution in [1.82, 2.24) is 31.9 Å². The van der Waals surface area contributed by atoms with Crippen LogP contribution in [-0.4, -0.2) is 125 Å². The van der Waals surface area contributed by atoms with Crippen LogP contribution in [0.15, 0.2) is 4.99 Å². The first-order valence-electron chi connectivity index (χ1n) is 16.1. The molecule has 0 radical (unpaired) electrons. The maximum Gasteiger partial charge on any atom is 0.327 e. The highest BCUT2D eigenvalue weighted by Crippen LogP contribution is 2.12. The molecule has 0 saturated heterocycles. The molecule has 0 aliphatic rings. The third kappa shape index (κ3) is 17.7. The van der Waals surface area contributed by atoms with Gasteiger partial charge in [0, 0.05) is 18.1 Å². The highest BCUT2D eigenvalue weighted by atomic mass is 32.1. The summed E-state index contributed by atoms with van der Waals surface area (Å²) in [6, 6.07) is -7.29. The van der Waals surface area contributed by atoms with Crippen molar-refractivity contribution < 1.29 is 43.8 Å². The molecule has 6 amide bonds. The number of hydrogen-bond donors (Lipinski definition) is 13. The van der Waals surface area contributed by atoms with E-state index in [2.05, 4.69) is 62.2 Å². The molecule has 14 N–H and O–H groups in total. The SMILES string of the molecule is CC[C@H](C)[C@H](NC(=O)[C@H](CC(C)C)NC(=O)[C@H](CCCN=C(N)N)NC(=O)CNC(=O)[C@H](CO)NC(=O)[C@@H](N)CS)C(=O)N[C@@H](CS)C(=O)O. The van der Waals surface area contributed by atoms with E-state index in [0.29, 0.717) is 6.42 Å². The van der Waals surface area contributed by atoms with E-state index in [4.69, 9.17) is 17.2 Å². The lowest BCUT2D eigenvalue weighted by Gasteiger charge is -2.29. The fourth-order valence-electron chi connectivity index (χ4n) is 4.24. The van der Waals surface area contributed by atoms with Gasteiger partial charge in [-0.15, -0.1) is 0 Å². The number of aliphatic imine (C=N–C) groups is 1. The summed E-state index contributed by atoms with van der Waals surface area (Å²) in [6.07, 6.45) is 0.817. The lowest BCUT2D eigenvalue weighted by molar-refractivity contribution is -0.142. The van der Waals surface area contributed by atoms with E-state index in [0.717, 1.165) is 0 Å². The van der Waals surface area contributed by atoms with Gasteiger partial charge in [-0.2, -0.15) is 25.3 Å². The van der Waals surface area contributed by atoms with Gasteiger partial charge in [0.25, 0.3) is 0 Å². The number of nitrogens with one attached hydrogen (secondary N) is 6. The van der Waals surface area contributed by atoms with Crippen LogP contribution >= 0.6 is 25.3 Å². The van der Waals surface area contributed by atoms with Crippen LogP contribution in [0.3, 0.4) is 0 Å². The minimum Gasteiger partial charge on any atom is -0.480 e. The van der Waals surface area contributed by atoms with Crippen LogP contribution in [0.4, 0.5) is 0 Å². The minimum atomic E-state index is -1.41. The van der Waals surface area contributed by atoms with Crippen molar-refractivity contribution in [3.05, 3.63) is 0 Å². The summed E-state index contributed by atoms with van der Waals surface area (Å²) in [6.45, 7) is 5.77. The van der Waals surface area contributed by atoms with Gasteiger partial charge in [0.1, 0.15) is 30.2 Å². The Labute approximate surface area is 302 Å². The first-order valence-corrected chi connectivity index (χ1v) is 17.3. The molecule has 7 atom stereocenters. The molecule has 0 aromatic carbocycles. The van der Waals surface area contributed by atoms with Crippen LogP contribution < -0.4 is 49.1 Å². The second-order valence-electron chi connectivity index (χ2n) is 12.0. The zero-order valence-electron chi connectivity index (χ0n) is 28.8. The van der Waals surface area contributed by atoms with Crippen molar-refractivity contribution in [2.75, 3.05) is 31.2 Å². The van der Waals surface area contributed by atoms with Crippen molar-refractivity contribution in [3.63, 3.8) is 0 Å². The maximum absolute atomic E-state index is 13.5. The Morgan fingerprint density at radius 1 is 0.760 bits per heavy atom. The summed E-state index contributed by atoms with van der Waals surface area (Å²) in [5.74, 6) is -6.87. The van der Waals surface area contributed by atoms with Gasteiger partial charge in [0.15, 0.2) is 5.96 Å². The molecular formula is C29H54N10O9S2. The third-order valence-corrected chi connectivity index (χ3v) is 8.06. The molecule has 0 rings (SSSR count). The predicted octanol–water partition coefficient (Wildman–Crippen LogP) is -4.06. The lowest BCUT2D eigenvalue weighted by Crippen LogP contribution is -2.59. The quantitative estimate of drug-likeness (QED) is 0.0194. The number of nitrogens with zero attached hydrogens (tertiary/aromatic N) is 1. The van der Waals surface area contributed by atoms with Crippen LogP contribution in [0.5, 0.6) is 0 Å². The fraction of sp³-hybridized carbons (Fsp3) is 0.724. The van der Waals surface area contributed by atoms with E-state index in [-0.39, 0.29) is 49.2 Å². The highest BCUT2D eigenvalue weighted by molar-refractivity contribution is 7.80. The molecule has 0 fully saturated rings. The average molecular weight is 751 g/mol. The second-order valence-corrected chi connectivity index (χ2v) is 12.7. The molecule has 0 saturated carbocycles. The van der Waals surface area contributed by atoms with Crippen LogP contribution in [0.2, 0.25) is 0 Å². The largest absolute Gasteiger partial charge is 0.480 e. The number of carboxylic acid groups (broad SMARTS) is 1. The van der Waals surface area contributed by atoms with E-state index in [1.807, 2.05) is 0 Å². The number of aliphatic carboxylic acids is 1. The molecule has 0 spiro atoms. The highest BCUT2D eigenvalue weighted by Gasteiger charge is 2.33. The molecule has 21 heteroatoms. The number of rotatable bonds is 24. The molecule has 0 aromatic heterocycles. The first-order chi connectivity index (χ1) is 23.4. The number of guanidine groups is 1. The Morgan fingerprint density at radius 2 is 1.34 bits per heavy atom. The average Bonchev–Trinajstić information content (AvgIpc) is 3.06. The molecule has 286 valence electrons. The molecule has 0 aliphatic heterocycles. The first kappa shape index (κ1) is 46.2. The summed E-state index contributed by atoms with van der Waals surface area (Å²) in [5, 5.41) is 33.5. The van der Waals surface area contributed by atoms with E-state index in [9.17, 15) is 43.8 Å². The van der Waals surface area contributed by atoms with Gasteiger partial charge in [0.05, 0.1) is 19.2 Å². The number of carboxylic acids is 1. The standard InChI is InChI=1S/C29H54N10O9S2/c1-5-15(4)22(27(46)38-20(13-50)28(47)48)39-26(45)18(9-14(2)3)36-25(44)17(7-6-8-33-29(31)32)35-21(41)10-34-24(43)19(11-40)37-23(42)16(30)12-49/h14-20,22,40,49-50H,5-13,30H2,1-4H3,(H,34,43)(H,35,41)(H,36,44)(H,37,42)(H,38,46)(H,39,45)(H,47,48)(H4,31,32,33)/t15-,16-,17-,18-,19-,20-,22-/m0/s1. The summed E-state index contributed by atoms with van der Waals surface area (Å²) >= 11 is 7.86. The van der Waals surface area contributed by atoms with Gasteiger partial charge in [-0.05, 0) is 31.1 Å². The van der Waals surface area contributed by atoms with Crippen LogP contribution in [-0.2, 0) is 33.6 Å². The van der Waals surface area contributed by atoms with Gasteiger partial charge in [-0.3, -0.25) is 33.8 Å². The van der Waals surface area contributed by atoms with Crippen LogP contribution in [0.25, 0.3) is 0 Å². The van der Waals surface area contributed by atoms with E-state index in [1.165, 1.54) is 0 Å². The van der Waals surface area contributed by atoms with Crippen LogP contribution in [0, 0.1) is 11.8 Å². The third-order valence-electron chi connectivity index (χ3n) is 7.30. The number of carbonyl (C=O) groups is 7. The van der Waals surface area contributed by atoms with Crippen LogP contribution in [0.1, 0.15) is 53.4 Å². The van der Waals surface area contributed by atoms with Crippen molar-refractivity contribution in [2.24, 2.45) is 34.0 Å².